The van der Waals surface area contributed by atoms with Crippen LogP contribution in [0.5, 0.6) is 0 Å². The number of alkyl halides is 3. The zero-order valence-electron chi connectivity index (χ0n) is 16.0. The van der Waals surface area contributed by atoms with Gasteiger partial charge in [-0.05, 0) is 36.3 Å². The van der Waals surface area contributed by atoms with Gasteiger partial charge in [-0.2, -0.15) is 18.2 Å². The van der Waals surface area contributed by atoms with E-state index in [-0.39, 0.29) is 12.5 Å². The number of hydrogen-bond donors (Lipinski definition) is 0. The third kappa shape index (κ3) is 4.71. The fraction of sp³-hybridized carbons (Fsp3) is 0.250. The SMILES string of the molecule is O=Cc1cccc(C2=CCN(c3ncn(Cc4ccc(C(F)(F)F)s4)c(=O)n3)CC2)n1. The number of aldehydes is 1. The molecule has 0 aromatic carbocycles. The molecular weight excluding hydrogens is 431 g/mol. The maximum atomic E-state index is 12.7. The molecule has 4 heterocycles. The fourth-order valence-electron chi connectivity index (χ4n) is 3.17. The lowest BCUT2D eigenvalue weighted by molar-refractivity contribution is -0.134. The van der Waals surface area contributed by atoms with Gasteiger partial charge in [-0.3, -0.25) is 9.36 Å². The predicted molar refractivity (Wildman–Crippen MR) is 109 cm³/mol. The van der Waals surface area contributed by atoms with Gasteiger partial charge in [0.2, 0.25) is 5.95 Å². The Kier molecular flexibility index (Phi) is 5.68. The average molecular weight is 447 g/mol. The quantitative estimate of drug-likeness (QED) is 0.559. The van der Waals surface area contributed by atoms with Crippen molar-refractivity contribution in [3.63, 3.8) is 0 Å². The normalized spacial score (nSPS) is 14.4. The summed E-state index contributed by atoms with van der Waals surface area (Å²) in [4.78, 5) is 37.3. The van der Waals surface area contributed by atoms with E-state index in [0.717, 1.165) is 17.3 Å². The minimum atomic E-state index is -4.40. The van der Waals surface area contributed by atoms with Crippen molar-refractivity contribution in [2.24, 2.45) is 0 Å². The Morgan fingerprint density at radius 1 is 1.16 bits per heavy atom. The number of aromatic nitrogens is 4. The van der Waals surface area contributed by atoms with Crippen molar-refractivity contribution in [3.8, 4) is 0 Å². The summed E-state index contributed by atoms with van der Waals surface area (Å²) < 4.78 is 39.4. The second kappa shape index (κ2) is 8.42. The largest absolute Gasteiger partial charge is 0.425 e. The Morgan fingerprint density at radius 2 is 2.00 bits per heavy atom. The molecule has 0 fully saturated rings. The number of anilines is 1. The van der Waals surface area contributed by atoms with Gasteiger partial charge >= 0.3 is 11.9 Å². The van der Waals surface area contributed by atoms with Gasteiger partial charge in [0.15, 0.2) is 6.29 Å². The van der Waals surface area contributed by atoms with E-state index in [9.17, 15) is 22.8 Å². The second-order valence-electron chi connectivity index (χ2n) is 6.82. The molecule has 7 nitrogen and oxygen atoms in total. The molecule has 160 valence electrons. The predicted octanol–water partition coefficient (Wildman–Crippen LogP) is 3.27. The molecule has 0 saturated carbocycles. The van der Waals surface area contributed by atoms with Crippen molar-refractivity contribution < 1.29 is 18.0 Å². The van der Waals surface area contributed by atoms with E-state index >= 15 is 0 Å². The number of pyridine rings is 1. The molecule has 4 rings (SSSR count). The molecule has 0 unspecified atom stereocenters. The van der Waals surface area contributed by atoms with Crippen LogP contribution in [0.3, 0.4) is 0 Å². The summed E-state index contributed by atoms with van der Waals surface area (Å²) in [7, 11) is 0. The standard InChI is InChI=1S/C20H16F3N5O2S/c21-20(22,23)17-5-4-15(31-17)10-28-12-24-18(26-19(28)30)27-8-6-13(7-9-27)16-3-1-2-14(11-29)25-16/h1-6,11-12H,7-10H2. The van der Waals surface area contributed by atoms with Crippen molar-refractivity contribution in [1.29, 1.82) is 0 Å². The highest BCUT2D eigenvalue weighted by atomic mass is 32.1. The lowest BCUT2D eigenvalue weighted by Gasteiger charge is -2.26. The first-order valence-corrected chi connectivity index (χ1v) is 10.1. The molecule has 1 aliphatic rings. The lowest BCUT2D eigenvalue weighted by Crippen LogP contribution is -2.34. The van der Waals surface area contributed by atoms with Crippen LogP contribution in [-0.4, -0.2) is 38.9 Å². The number of nitrogens with zero attached hydrogens (tertiary/aromatic N) is 5. The van der Waals surface area contributed by atoms with Gasteiger partial charge in [0, 0.05) is 18.0 Å². The van der Waals surface area contributed by atoms with Crippen LogP contribution in [0.15, 0.2) is 47.5 Å². The Bertz CT molecular complexity index is 1200. The Labute approximate surface area is 178 Å². The van der Waals surface area contributed by atoms with Gasteiger partial charge in [0.1, 0.15) is 16.9 Å². The smallest absolute Gasteiger partial charge is 0.337 e. The maximum absolute atomic E-state index is 12.7. The van der Waals surface area contributed by atoms with Crippen LogP contribution in [-0.2, 0) is 12.7 Å². The van der Waals surface area contributed by atoms with Crippen LogP contribution in [0, 0.1) is 0 Å². The molecule has 0 bridgehead atoms. The minimum absolute atomic E-state index is 0.0251. The van der Waals surface area contributed by atoms with E-state index < -0.39 is 16.7 Å². The molecule has 3 aromatic rings. The molecule has 0 amide bonds. The van der Waals surface area contributed by atoms with Crippen LogP contribution in [0.2, 0.25) is 0 Å². The molecule has 0 atom stereocenters. The van der Waals surface area contributed by atoms with E-state index in [4.69, 9.17) is 0 Å². The third-order valence-electron chi connectivity index (χ3n) is 4.73. The molecule has 1 aliphatic heterocycles. The Hall–Kier alpha value is -3.34. The summed E-state index contributed by atoms with van der Waals surface area (Å²) in [6.45, 7) is 0.996. The fourth-order valence-corrected chi connectivity index (χ4v) is 4.05. The number of thiophene rings is 1. The number of carbonyl (C=O) groups excluding carboxylic acids is 1. The first kappa shape index (κ1) is 20.9. The molecule has 0 saturated heterocycles. The summed E-state index contributed by atoms with van der Waals surface area (Å²) in [5, 5.41) is 0. The summed E-state index contributed by atoms with van der Waals surface area (Å²) in [6.07, 6.45) is 0.171. The van der Waals surface area contributed by atoms with E-state index in [0.29, 0.717) is 47.7 Å². The van der Waals surface area contributed by atoms with Crippen molar-refractivity contribution in [3.05, 3.63) is 74.4 Å². The van der Waals surface area contributed by atoms with E-state index in [2.05, 4.69) is 15.0 Å². The van der Waals surface area contributed by atoms with Crippen LogP contribution in [0.4, 0.5) is 19.1 Å². The zero-order chi connectivity index (χ0) is 22.0. The van der Waals surface area contributed by atoms with Crippen molar-refractivity contribution in [2.45, 2.75) is 19.1 Å². The summed E-state index contributed by atoms with van der Waals surface area (Å²) in [5.74, 6) is 0.258. The van der Waals surface area contributed by atoms with Crippen LogP contribution >= 0.6 is 11.3 Å². The molecule has 3 aromatic heterocycles. The highest BCUT2D eigenvalue weighted by Gasteiger charge is 2.32. The maximum Gasteiger partial charge on any atom is 0.425 e. The monoisotopic (exact) mass is 447 g/mol. The minimum Gasteiger partial charge on any atom is -0.337 e. The number of carbonyl (C=O) groups is 1. The lowest BCUT2D eigenvalue weighted by atomic mass is 10.0. The summed E-state index contributed by atoms with van der Waals surface area (Å²) in [6, 6.07) is 7.58. The molecule has 0 N–H and O–H groups in total. The van der Waals surface area contributed by atoms with Gasteiger partial charge in [-0.15, -0.1) is 11.3 Å². The highest BCUT2D eigenvalue weighted by Crippen LogP contribution is 2.34. The van der Waals surface area contributed by atoms with Gasteiger partial charge in [0.25, 0.3) is 0 Å². The first-order chi connectivity index (χ1) is 14.8. The van der Waals surface area contributed by atoms with E-state index in [1.54, 1.807) is 12.1 Å². The Morgan fingerprint density at radius 3 is 2.65 bits per heavy atom. The summed E-state index contributed by atoms with van der Waals surface area (Å²) >= 11 is 0.590. The average Bonchev–Trinajstić information content (AvgIpc) is 3.25. The first-order valence-electron chi connectivity index (χ1n) is 9.29. The molecule has 31 heavy (non-hydrogen) atoms. The van der Waals surface area contributed by atoms with Crippen LogP contribution in [0.1, 0.15) is 32.4 Å². The number of hydrogen-bond acceptors (Lipinski definition) is 7. The van der Waals surface area contributed by atoms with Crippen LogP contribution in [0.25, 0.3) is 5.57 Å². The van der Waals surface area contributed by atoms with Crippen LogP contribution < -0.4 is 10.6 Å². The molecule has 0 radical (unpaired) electrons. The van der Waals surface area contributed by atoms with E-state index in [1.165, 1.54) is 17.0 Å². The number of halogens is 3. The summed E-state index contributed by atoms with van der Waals surface area (Å²) in [5.41, 5.74) is 1.50. The van der Waals surface area contributed by atoms with Crippen molar-refractivity contribution in [1.82, 2.24) is 19.5 Å². The zero-order valence-corrected chi connectivity index (χ0v) is 16.9. The van der Waals surface area contributed by atoms with Crippen molar-refractivity contribution >= 4 is 29.1 Å². The van der Waals surface area contributed by atoms with Gasteiger partial charge in [-0.1, -0.05) is 12.1 Å². The second-order valence-corrected chi connectivity index (χ2v) is 7.99. The Balaban J connectivity index is 1.46. The van der Waals surface area contributed by atoms with Gasteiger partial charge in [-0.25, -0.2) is 14.8 Å². The molecule has 0 aliphatic carbocycles. The topological polar surface area (TPSA) is 81.0 Å². The number of rotatable bonds is 5. The highest BCUT2D eigenvalue weighted by molar-refractivity contribution is 7.12. The van der Waals surface area contributed by atoms with Gasteiger partial charge in [0.05, 0.1) is 12.2 Å². The molecular formula is C20H16F3N5O2S. The van der Waals surface area contributed by atoms with Crippen molar-refractivity contribution in [2.75, 3.05) is 18.0 Å². The molecule has 0 spiro atoms. The van der Waals surface area contributed by atoms with E-state index in [1.807, 2.05) is 17.0 Å². The van der Waals surface area contributed by atoms with Gasteiger partial charge < -0.3 is 4.90 Å². The molecule has 11 heteroatoms. The third-order valence-corrected chi connectivity index (χ3v) is 5.85.